The molecule has 2 N–H and O–H groups in total. The molecule has 5 nitrogen and oxygen atoms in total. The summed E-state index contributed by atoms with van der Waals surface area (Å²) in [6.07, 6.45) is 3.74. The summed E-state index contributed by atoms with van der Waals surface area (Å²) >= 11 is 1.64. The van der Waals surface area contributed by atoms with Crippen LogP contribution in [0.15, 0.2) is 41.1 Å². The van der Waals surface area contributed by atoms with Gasteiger partial charge >= 0.3 is 0 Å². The maximum Gasteiger partial charge on any atom is 0.162 e. The molecular formula is C17H16N4OS. The third kappa shape index (κ3) is 2.73. The van der Waals surface area contributed by atoms with E-state index in [1.54, 1.807) is 11.3 Å². The molecule has 23 heavy (non-hydrogen) atoms. The van der Waals surface area contributed by atoms with Crippen molar-refractivity contribution in [2.24, 2.45) is 0 Å². The van der Waals surface area contributed by atoms with Crippen LogP contribution in [0.1, 0.15) is 16.2 Å². The summed E-state index contributed by atoms with van der Waals surface area (Å²) in [6, 6.07) is 8.14. The zero-order valence-electron chi connectivity index (χ0n) is 12.9. The van der Waals surface area contributed by atoms with Gasteiger partial charge in [-0.05, 0) is 43.7 Å². The molecule has 116 valence electrons. The molecule has 3 heterocycles. The van der Waals surface area contributed by atoms with Crippen molar-refractivity contribution in [1.82, 2.24) is 15.2 Å². The minimum Gasteiger partial charge on any atom is -0.459 e. The third-order valence-corrected chi connectivity index (χ3v) is 4.75. The Labute approximate surface area is 137 Å². The van der Waals surface area contributed by atoms with E-state index >= 15 is 0 Å². The fraction of sp³-hybridized carbons (Fsp3) is 0.176. The first-order valence-corrected chi connectivity index (χ1v) is 8.20. The molecule has 4 rings (SSSR count). The number of rotatable bonds is 4. The topological polar surface area (TPSA) is 66.7 Å². The molecule has 6 heteroatoms. The Morgan fingerprint density at radius 1 is 1.22 bits per heavy atom. The molecule has 0 aliphatic heterocycles. The van der Waals surface area contributed by atoms with Crippen LogP contribution < -0.4 is 5.32 Å². The molecule has 0 aliphatic carbocycles. The number of nitrogens with one attached hydrogen (secondary N) is 2. The number of hydrogen-bond donors (Lipinski definition) is 2. The molecular weight excluding hydrogens is 308 g/mol. The molecule has 0 aliphatic rings. The van der Waals surface area contributed by atoms with E-state index in [1.807, 2.05) is 31.5 Å². The van der Waals surface area contributed by atoms with Gasteiger partial charge in [0, 0.05) is 22.1 Å². The Hall–Kier alpha value is -2.60. The zero-order chi connectivity index (χ0) is 15.8. The van der Waals surface area contributed by atoms with Gasteiger partial charge in [-0.15, -0.1) is 11.3 Å². The van der Waals surface area contributed by atoms with Crippen LogP contribution in [0.2, 0.25) is 0 Å². The lowest BCUT2D eigenvalue weighted by Crippen LogP contribution is -1.99. The van der Waals surface area contributed by atoms with Gasteiger partial charge in [0.05, 0.1) is 18.3 Å². The molecule has 4 aromatic rings. The summed E-state index contributed by atoms with van der Waals surface area (Å²) < 4.78 is 5.62. The minimum absolute atomic E-state index is 0.738. The molecule has 0 saturated heterocycles. The fourth-order valence-electron chi connectivity index (χ4n) is 2.53. The smallest absolute Gasteiger partial charge is 0.162 e. The van der Waals surface area contributed by atoms with Crippen molar-refractivity contribution in [1.29, 1.82) is 0 Å². The van der Waals surface area contributed by atoms with Crippen molar-refractivity contribution in [2.45, 2.75) is 20.4 Å². The lowest BCUT2D eigenvalue weighted by molar-refractivity contribution is 0.548. The summed E-state index contributed by atoms with van der Waals surface area (Å²) in [5, 5.41) is 12.6. The molecule has 0 spiro atoms. The molecule has 3 aromatic heterocycles. The number of aryl methyl sites for hydroxylation is 2. The van der Waals surface area contributed by atoms with Gasteiger partial charge in [0.25, 0.3) is 0 Å². The summed E-state index contributed by atoms with van der Waals surface area (Å²) in [6.45, 7) is 4.77. The first kappa shape index (κ1) is 14.0. The number of thiazole rings is 1. The standard InChI is InChI=1S/C17H16N4OS/c1-10-5-15-12(7-20-21-15)6-14(10)18-8-13-9-19-17(23-13)16-4-3-11(2)22-16/h3-7,9,18H,8H2,1-2H3,(H,20,21). The predicted molar refractivity (Wildman–Crippen MR) is 92.7 cm³/mol. The fourth-order valence-corrected chi connectivity index (χ4v) is 3.34. The molecule has 0 atom stereocenters. The van der Waals surface area contributed by atoms with E-state index in [2.05, 4.69) is 39.6 Å². The molecule has 0 fully saturated rings. The van der Waals surface area contributed by atoms with E-state index in [4.69, 9.17) is 4.42 Å². The van der Waals surface area contributed by atoms with E-state index in [1.165, 1.54) is 10.4 Å². The van der Waals surface area contributed by atoms with E-state index in [-0.39, 0.29) is 0 Å². The van der Waals surface area contributed by atoms with Crippen LogP contribution in [0.5, 0.6) is 0 Å². The van der Waals surface area contributed by atoms with E-state index in [0.29, 0.717) is 0 Å². The number of furan rings is 1. The van der Waals surface area contributed by atoms with Gasteiger partial charge in [-0.25, -0.2) is 4.98 Å². The van der Waals surface area contributed by atoms with Gasteiger partial charge in [0.2, 0.25) is 0 Å². The van der Waals surface area contributed by atoms with Crippen LogP contribution in [-0.2, 0) is 6.54 Å². The summed E-state index contributed by atoms with van der Waals surface area (Å²) in [5.41, 5.74) is 3.36. The quantitative estimate of drug-likeness (QED) is 0.579. The Kier molecular flexibility index (Phi) is 3.38. The highest BCUT2D eigenvalue weighted by Gasteiger charge is 2.09. The maximum atomic E-state index is 5.62. The molecule has 0 bridgehead atoms. The van der Waals surface area contributed by atoms with Crippen molar-refractivity contribution in [3.8, 4) is 10.8 Å². The number of nitrogens with zero attached hydrogens (tertiary/aromatic N) is 2. The van der Waals surface area contributed by atoms with E-state index in [0.717, 1.165) is 39.7 Å². The van der Waals surface area contributed by atoms with Gasteiger partial charge in [0.15, 0.2) is 10.8 Å². The number of hydrogen-bond acceptors (Lipinski definition) is 5. The second-order valence-electron chi connectivity index (χ2n) is 5.52. The lowest BCUT2D eigenvalue weighted by atomic mass is 10.1. The van der Waals surface area contributed by atoms with E-state index in [9.17, 15) is 0 Å². The van der Waals surface area contributed by atoms with Crippen LogP contribution in [0.4, 0.5) is 5.69 Å². The van der Waals surface area contributed by atoms with Crippen LogP contribution in [-0.4, -0.2) is 15.2 Å². The van der Waals surface area contributed by atoms with Crippen LogP contribution in [0, 0.1) is 13.8 Å². The average Bonchev–Trinajstić information content (AvgIpc) is 3.24. The first-order chi connectivity index (χ1) is 11.2. The second kappa shape index (κ2) is 5.55. The van der Waals surface area contributed by atoms with Crippen molar-refractivity contribution >= 4 is 27.9 Å². The number of H-pyrrole nitrogens is 1. The van der Waals surface area contributed by atoms with Gasteiger partial charge in [-0.3, -0.25) is 5.10 Å². The second-order valence-corrected chi connectivity index (χ2v) is 6.64. The molecule has 1 aromatic carbocycles. The minimum atomic E-state index is 0.738. The monoisotopic (exact) mass is 324 g/mol. The number of anilines is 1. The molecule has 0 amide bonds. The molecule has 0 saturated carbocycles. The Morgan fingerprint density at radius 3 is 2.96 bits per heavy atom. The normalized spacial score (nSPS) is 11.2. The number of aromatic nitrogens is 3. The summed E-state index contributed by atoms with van der Waals surface area (Å²) in [5.74, 6) is 1.73. The van der Waals surface area contributed by atoms with Crippen molar-refractivity contribution in [3.63, 3.8) is 0 Å². The van der Waals surface area contributed by atoms with Crippen molar-refractivity contribution < 1.29 is 4.42 Å². The zero-order valence-corrected chi connectivity index (χ0v) is 13.7. The Bertz CT molecular complexity index is 966. The first-order valence-electron chi connectivity index (χ1n) is 7.38. The van der Waals surface area contributed by atoms with Crippen LogP contribution in [0.3, 0.4) is 0 Å². The number of benzene rings is 1. The SMILES string of the molecule is Cc1ccc(-c2ncc(CNc3cc4cn[nH]c4cc3C)s2)o1. The lowest BCUT2D eigenvalue weighted by Gasteiger charge is -2.08. The highest BCUT2D eigenvalue weighted by molar-refractivity contribution is 7.14. The predicted octanol–water partition coefficient (Wildman–Crippen LogP) is 4.51. The van der Waals surface area contributed by atoms with Crippen molar-refractivity contribution in [2.75, 3.05) is 5.32 Å². The number of fused-ring (bicyclic) bond motifs is 1. The van der Waals surface area contributed by atoms with Crippen LogP contribution in [0.25, 0.3) is 21.7 Å². The largest absolute Gasteiger partial charge is 0.459 e. The third-order valence-electron chi connectivity index (χ3n) is 3.74. The van der Waals surface area contributed by atoms with Gasteiger partial charge in [0.1, 0.15) is 5.76 Å². The van der Waals surface area contributed by atoms with Crippen molar-refractivity contribution in [3.05, 3.63) is 52.9 Å². The van der Waals surface area contributed by atoms with Gasteiger partial charge < -0.3 is 9.73 Å². The summed E-state index contributed by atoms with van der Waals surface area (Å²) in [4.78, 5) is 5.61. The molecule has 0 radical (unpaired) electrons. The highest BCUT2D eigenvalue weighted by atomic mass is 32.1. The summed E-state index contributed by atoms with van der Waals surface area (Å²) in [7, 11) is 0. The van der Waals surface area contributed by atoms with Gasteiger partial charge in [-0.2, -0.15) is 5.10 Å². The van der Waals surface area contributed by atoms with Crippen LogP contribution >= 0.6 is 11.3 Å². The maximum absolute atomic E-state index is 5.62. The van der Waals surface area contributed by atoms with E-state index < -0.39 is 0 Å². The molecule has 0 unspecified atom stereocenters. The Morgan fingerprint density at radius 2 is 2.13 bits per heavy atom. The number of aromatic amines is 1. The Balaban J connectivity index is 1.52. The highest BCUT2D eigenvalue weighted by Crippen LogP contribution is 2.28. The van der Waals surface area contributed by atoms with Gasteiger partial charge in [-0.1, -0.05) is 0 Å². The average molecular weight is 324 g/mol.